The number of hydrogen-bond donors (Lipinski definition) is 1. The lowest BCUT2D eigenvalue weighted by molar-refractivity contribution is 0.0862. The number of carbonyl (C=O) groups is 1. The SMILES string of the molecule is O=C(CN(CCO)C1CCCC1)c1ccc(I)cc1. The molecule has 2 rings (SSSR count). The minimum Gasteiger partial charge on any atom is -0.395 e. The molecule has 104 valence electrons. The summed E-state index contributed by atoms with van der Waals surface area (Å²) in [4.78, 5) is 14.4. The van der Waals surface area contributed by atoms with Crippen LogP contribution in [0.4, 0.5) is 0 Å². The number of ketones is 1. The minimum atomic E-state index is 0.121. The fourth-order valence-corrected chi connectivity index (χ4v) is 3.06. The van der Waals surface area contributed by atoms with Crippen molar-refractivity contribution in [1.82, 2.24) is 4.90 Å². The molecule has 0 bridgehead atoms. The fourth-order valence-electron chi connectivity index (χ4n) is 2.70. The van der Waals surface area contributed by atoms with Gasteiger partial charge in [-0.3, -0.25) is 9.69 Å². The zero-order valence-corrected chi connectivity index (χ0v) is 13.2. The summed E-state index contributed by atoms with van der Waals surface area (Å²) in [7, 11) is 0. The van der Waals surface area contributed by atoms with Gasteiger partial charge in [-0.1, -0.05) is 25.0 Å². The summed E-state index contributed by atoms with van der Waals surface area (Å²) in [6.45, 7) is 1.14. The summed E-state index contributed by atoms with van der Waals surface area (Å²) in [5.74, 6) is 0.150. The van der Waals surface area contributed by atoms with E-state index in [9.17, 15) is 4.79 Å². The molecular formula is C15H20INO2. The Morgan fingerprint density at radius 3 is 2.47 bits per heavy atom. The van der Waals surface area contributed by atoms with Gasteiger partial charge in [-0.2, -0.15) is 0 Å². The molecule has 4 heteroatoms. The lowest BCUT2D eigenvalue weighted by Crippen LogP contribution is -2.39. The molecule has 1 fully saturated rings. The van der Waals surface area contributed by atoms with Crippen molar-refractivity contribution in [1.29, 1.82) is 0 Å². The first-order chi connectivity index (χ1) is 9.20. The van der Waals surface area contributed by atoms with Crippen molar-refractivity contribution in [2.75, 3.05) is 19.7 Å². The number of aliphatic hydroxyl groups excluding tert-OH is 1. The monoisotopic (exact) mass is 373 g/mol. The molecule has 0 aliphatic heterocycles. The van der Waals surface area contributed by atoms with E-state index >= 15 is 0 Å². The van der Waals surface area contributed by atoms with Crippen LogP contribution in [0.3, 0.4) is 0 Å². The van der Waals surface area contributed by atoms with Gasteiger partial charge < -0.3 is 5.11 Å². The van der Waals surface area contributed by atoms with E-state index in [1.165, 1.54) is 12.8 Å². The van der Waals surface area contributed by atoms with Crippen molar-refractivity contribution in [2.24, 2.45) is 0 Å². The van der Waals surface area contributed by atoms with Crippen LogP contribution in [-0.4, -0.2) is 41.5 Å². The standard InChI is InChI=1S/C15H20INO2/c16-13-7-5-12(6-8-13)15(19)11-17(9-10-18)14-3-1-2-4-14/h5-8,14,18H,1-4,9-11H2. The highest BCUT2D eigenvalue weighted by molar-refractivity contribution is 14.1. The highest BCUT2D eigenvalue weighted by Gasteiger charge is 2.24. The molecule has 0 unspecified atom stereocenters. The lowest BCUT2D eigenvalue weighted by atomic mass is 10.1. The number of rotatable bonds is 6. The maximum Gasteiger partial charge on any atom is 0.176 e. The number of nitrogens with zero attached hydrogens (tertiary/aromatic N) is 1. The molecule has 1 aromatic carbocycles. The highest BCUT2D eigenvalue weighted by Crippen LogP contribution is 2.23. The molecule has 1 saturated carbocycles. The number of aliphatic hydroxyl groups is 1. The number of hydrogen-bond acceptors (Lipinski definition) is 3. The first-order valence-corrected chi connectivity index (χ1v) is 7.92. The molecule has 3 nitrogen and oxygen atoms in total. The predicted molar refractivity (Wildman–Crippen MR) is 84.4 cm³/mol. The topological polar surface area (TPSA) is 40.5 Å². The Hall–Kier alpha value is -0.460. The third-order valence-electron chi connectivity index (χ3n) is 3.74. The Morgan fingerprint density at radius 1 is 1.26 bits per heavy atom. The summed E-state index contributed by atoms with van der Waals surface area (Å²) >= 11 is 2.23. The van der Waals surface area contributed by atoms with Crippen LogP contribution < -0.4 is 0 Å². The molecular weight excluding hydrogens is 353 g/mol. The molecule has 0 saturated heterocycles. The molecule has 19 heavy (non-hydrogen) atoms. The minimum absolute atomic E-state index is 0.121. The molecule has 0 spiro atoms. The van der Waals surface area contributed by atoms with Crippen molar-refractivity contribution in [3.05, 3.63) is 33.4 Å². The summed E-state index contributed by atoms with van der Waals surface area (Å²) in [6.07, 6.45) is 4.79. The second kappa shape index (κ2) is 7.36. The Labute approximate surface area is 128 Å². The first-order valence-electron chi connectivity index (χ1n) is 6.84. The second-order valence-electron chi connectivity index (χ2n) is 5.06. The average Bonchev–Trinajstić information content (AvgIpc) is 2.92. The summed E-state index contributed by atoms with van der Waals surface area (Å²) in [5.41, 5.74) is 0.765. The number of benzene rings is 1. The molecule has 1 aliphatic carbocycles. The number of carbonyl (C=O) groups excluding carboxylic acids is 1. The Kier molecular flexibility index (Phi) is 5.78. The predicted octanol–water partition coefficient (Wildman–Crippen LogP) is 2.71. The van der Waals surface area contributed by atoms with Gasteiger partial charge in [0, 0.05) is 21.7 Å². The van der Waals surface area contributed by atoms with Gasteiger partial charge in [0.05, 0.1) is 13.2 Å². The summed E-state index contributed by atoms with van der Waals surface area (Å²) in [5, 5.41) is 9.16. The molecule has 0 radical (unpaired) electrons. The normalized spacial score (nSPS) is 16.2. The van der Waals surface area contributed by atoms with Gasteiger partial charge in [-0.05, 0) is 47.6 Å². The molecule has 1 N–H and O–H groups in total. The maximum atomic E-state index is 12.3. The van der Waals surface area contributed by atoms with E-state index in [1.807, 2.05) is 24.3 Å². The fraction of sp³-hybridized carbons (Fsp3) is 0.533. The van der Waals surface area contributed by atoms with Crippen LogP contribution in [-0.2, 0) is 0 Å². The van der Waals surface area contributed by atoms with Gasteiger partial charge in [0.25, 0.3) is 0 Å². The molecule has 0 amide bonds. The Morgan fingerprint density at radius 2 is 1.89 bits per heavy atom. The maximum absolute atomic E-state index is 12.3. The van der Waals surface area contributed by atoms with Crippen LogP contribution >= 0.6 is 22.6 Å². The van der Waals surface area contributed by atoms with E-state index in [1.54, 1.807) is 0 Å². The smallest absolute Gasteiger partial charge is 0.176 e. The zero-order valence-electron chi connectivity index (χ0n) is 11.0. The van der Waals surface area contributed by atoms with Gasteiger partial charge in [0.2, 0.25) is 0 Å². The first kappa shape index (κ1) is 14.9. The van der Waals surface area contributed by atoms with Crippen molar-refractivity contribution in [2.45, 2.75) is 31.7 Å². The summed E-state index contributed by atoms with van der Waals surface area (Å²) in [6, 6.07) is 8.16. The Balaban J connectivity index is 1.99. The molecule has 0 heterocycles. The molecule has 1 aromatic rings. The quantitative estimate of drug-likeness (QED) is 0.616. The van der Waals surface area contributed by atoms with E-state index in [4.69, 9.17) is 5.11 Å². The second-order valence-corrected chi connectivity index (χ2v) is 6.31. The van der Waals surface area contributed by atoms with Gasteiger partial charge in [0.15, 0.2) is 5.78 Å². The third-order valence-corrected chi connectivity index (χ3v) is 4.46. The van der Waals surface area contributed by atoms with Gasteiger partial charge in [-0.15, -0.1) is 0 Å². The third kappa shape index (κ3) is 4.26. The summed E-state index contributed by atoms with van der Waals surface area (Å²) < 4.78 is 1.14. The van der Waals surface area contributed by atoms with Crippen molar-refractivity contribution in [3.8, 4) is 0 Å². The van der Waals surface area contributed by atoms with Crippen LogP contribution in [0.25, 0.3) is 0 Å². The van der Waals surface area contributed by atoms with Crippen LogP contribution in [0, 0.1) is 3.57 Å². The van der Waals surface area contributed by atoms with E-state index in [2.05, 4.69) is 27.5 Å². The van der Waals surface area contributed by atoms with Crippen LogP contribution in [0.15, 0.2) is 24.3 Å². The van der Waals surface area contributed by atoms with Gasteiger partial charge in [0.1, 0.15) is 0 Å². The molecule has 0 atom stereocenters. The van der Waals surface area contributed by atoms with E-state index in [0.717, 1.165) is 22.0 Å². The van der Waals surface area contributed by atoms with E-state index in [-0.39, 0.29) is 12.4 Å². The van der Waals surface area contributed by atoms with E-state index in [0.29, 0.717) is 19.1 Å². The zero-order chi connectivity index (χ0) is 13.7. The lowest BCUT2D eigenvalue weighted by Gasteiger charge is -2.27. The van der Waals surface area contributed by atoms with Crippen molar-refractivity contribution >= 4 is 28.4 Å². The van der Waals surface area contributed by atoms with Crippen molar-refractivity contribution in [3.63, 3.8) is 0 Å². The molecule has 0 aromatic heterocycles. The highest BCUT2D eigenvalue weighted by atomic mass is 127. The average molecular weight is 373 g/mol. The number of Topliss-reactive ketones (excluding diaryl/α,β-unsaturated/α-hetero) is 1. The largest absolute Gasteiger partial charge is 0.395 e. The van der Waals surface area contributed by atoms with Crippen LogP contribution in [0.1, 0.15) is 36.0 Å². The van der Waals surface area contributed by atoms with Gasteiger partial charge >= 0.3 is 0 Å². The van der Waals surface area contributed by atoms with Crippen LogP contribution in [0.5, 0.6) is 0 Å². The van der Waals surface area contributed by atoms with Gasteiger partial charge in [-0.25, -0.2) is 0 Å². The van der Waals surface area contributed by atoms with E-state index < -0.39 is 0 Å². The molecule has 1 aliphatic rings. The van der Waals surface area contributed by atoms with Crippen molar-refractivity contribution < 1.29 is 9.90 Å². The van der Waals surface area contributed by atoms with Crippen LogP contribution in [0.2, 0.25) is 0 Å². The number of halogens is 1. The Bertz CT molecular complexity index is 413.